The van der Waals surface area contributed by atoms with Gasteiger partial charge in [0, 0.05) is 30.7 Å². The molecule has 1 aromatic carbocycles. The van der Waals surface area contributed by atoms with Gasteiger partial charge in [-0.25, -0.2) is 9.97 Å². The molecular weight excluding hydrogens is 494 g/mol. The molecule has 0 radical (unpaired) electrons. The zero-order chi connectivity index (χ0) is 27.4. The number of methoxy groups -OCH3 is 1. The number of amides is 1. The van der Waals surface area contributed by atoms with Crippen LogP contribution in [0.2, 0.25) is 0 Å². The molecule has 0 bridgehead atoms. The third kappa shape index (κ3) is 6.41. The van der Waals surface area contributed by atoms with Crippen LogP contribution in [0.25, 0.3) is 22.4 Å². The Hall–Kier alpha value is -3.46. The summed E-state index contributed by atoms with van der Waals surface area (Å²) in [7, 11) is 1.58. The van der Waals surface area contributed by atoms with Crippen molar-refractivity contribution in [3.63, 3.8) is 0 Å². The van der Waals surface area contributed by atoms with Gasteiger partial charge in [-0.15, -0.1) is 0 Å². The zero-order valence-electron chi connectivity index (χ0n) is 23.2. The van der Waals surface area contributed by atoms with Crippen LogP contribution in [0.4, 0.5) is 0 Å². The van der Waals surface area contributed by atoms with Crippen molar-refractivity contribution in [1.29, 1.82) is 0 Å². The van der Waals surface area contributed by atoms with E-state index in [4.69, 9.17) is 14.5 Å². The van der Waals surface area contributed by atoms with Gasteiger partial charge in [0.1, 0.15) is 30.0 Å². The molecule has 39 heavy (non-hydrogen) atoms. The quantitative estimate of drug-likeness (QED) is 0.464. The molecule has 1 saturated carbocycles. The van der Waals surface area contributed by atoms with E-state index in [0.29, 0.717) is 33.9 Å². The Labute approximate surface area is 229 Å². The van der Waals surface area contributed by atoms with Gasteiger partial charge < -0.3 is 19.7 Å². The first-order valence-corrected chi connectivity index (χ1v) is 14.2. The Bertz CT molecular complexity index is 1360. The molecule has 1 saturated heterocycles. The molecule has 1 aliphatic heterocycles. The summed E-state index contributed by atoms with van der Waals surface area (Å²) in [6, 6.07) is 9.67. The van der Waals surface area contributed by atoms with E-state index >= 15 is 0 Å². The van der Waals surface area contributed by atoms with Crippen molar-refractivity contribution < 1.29 is 14.3 Å². The van der Waals surface area contributed by atoms with Crippen molar-refractivity contribution in [2.75, 3.05) is 20.2 Å². The number of aromatic nitrogens is 3. The van der Waals surface area contributed by atoms with E-state index in [1.165, 1.54) is 36.7 Å². The summed E-state index contributed by atoms with van der Waals surface area (Å²) < 4.78 is 13.1. The molecule has 2 aliphatic rings. The Balaban J connectivity index is 1.41. The number of carbonyl (C=O) groups excluding carboxylic acids is 1. The molecule has 0 atom stereocenters. The molecule has 5 rings (SSSR count). The van der Waals surface area contributed by atoms with E-state index in [2.05, 4.69) is 15.2 Å². The minimum Gasteiger partial charge on any atom is -0.497 e. The van der Waals surface area contributed by atoms with Crippen LogP contribution in [-0.4, -0.2) is 63.7 Å². The number of benzene rings is 1. The van der Waals surface area contributed by atoms with Crippen molar-refractivity contribution in [3.05, 3.63) is 46.9 Å². The van der Waals surface area contributed by atoms with Crippen LogP contribution in [0.15, 0.2) is 41.3 Å². The standard InChI is InChI=1S/C30H39N5O4/c1-20(2)32-27(36)19-35-29(21-8-7-11-24(16-21)38-3)33-28-26(30(35)37)17-25(18-31-28)39-23-12-14-34(15-13-23)22-9-5-4-6-10-22/h7-8,11,16-18,20,22-23H,4-6,9-10,12-15,19H2,1-3H3,(H,32,36). The largest absolute Gasteiger partial charge is 0.497 e. The molecule has 2 fully saturated rings. The summed E-state index contributed by atoms with van der Waals surface area (Å²) in [5, 5.41) is 3.19. The molecule has 3 heterocycles. The van der Waals surface area contributed by atoms with Gasteiger partial charge in [-0.3, -0.25) is 14.2 Å². The van der Waals surface area contributed by atoms with Gasteiger partial charge in [0.05, 0.1) is 18.7 Å². The number of nitrogens with zero attached hydrogens (tertiary/aromatic N) is 4. The molecule has 2 aromatic heterocycles. The van der Waals surface area contributed by atoms with Crippen molar-refractivity contribution in [3.8, 4) is 22.9 Å². The second kappa shape index (κ2) is 12.2. The minimum absolute atomic E-state index is 0.0481. The first-order valence-electron chi connectivity index (χ1n) is 14.2. The molecule has 1 amide bonds. The van der Waals surface area contributed by atoms with Gasteiger partial charge >= 0.3 is 0 Å². The highest BCUT2D eigenvalue weighted by molar-refractivity contribution is 5.80. The normalized spacial score (nSPS) is 17.4. The number of rotatable bonds is 8. The highest BCUT2D eigenvalue weighted by Gasteiger charge is 2.27. The SMILES string of the molecule is COc1cccc(-c2nc3ncc(OC4CCN(C5CCCCC5)CC4)cc3c(=O)n2CC(=O)NC(C)C)c1. The Morgan fingerprint density at radius 1 is 1.08 bits per heavy atom. The molecule has 0 unspecified atom stereocenters. The fourth-order valence-corrected chi connectivity index (χ4v) is 5.79. The van der Waals surface area contributed by atoms with Crippen LogP contribution in [0, 0.1) is 0 Å². The highest BCUT2D eigenvalue weighted by atomic mass is 16.5. The maximum atomic E-state index is 13.8. The first-order chi connectivity index (χ1) is 18.9. The fraction of sp³-hybridized carbons (Fsp3) is 0.533. The van der Waals surface area contributed by atoms with Crippen LogP contribution in [0.1, 0.15) is 58.8 Å². The predicted molar refractivity (Wildman–Crippen MR) is 151 cm³/mol. The van der Waals surface area contributed by atoms with E-state index in [0.717, 1.165) is 32.0 Å². The summed E-state index contributed by atoms with van der Waals surface area (Å²) >= 11 is 0. The predicted octanol–water partition coefficient (Wildman–Crippen LogP) is 4.17. The lowest BCUT2D eigenvalue weighted by Crippen LogP contribution is -2.44. The number of ether oxygens (including phenoxy) is 2. The van der Waals surface area contributed by atoms with E-state index in [9.17, 15) is 9.59 Å². The monoisotopic (exact) mass is 533 g/mol. The number of nitrogens with one attached hydrogen (secondary N) is 1. The average Bonchev–Trinajstić information content (AvgIpc) is 2.95. The topological polar surface area (TPSA) is 98.6 Å². The summed E-state index contributed by atoms with van der Waals surface area (Å²) in [5.41, 5.74) is 0.650. The number of fused-ring (bicyclic) bond motifs is 1. The summed E-state index contributed by atoms with van der Waals surface area (Å²) in [6.45, 7) is 5.70. The van der Waals surface area contributed by atoms with Crippen molar-refractivity contribution >= 4 is 16.9 Å². The second-order valence-electron chi connectivity index (χ2n) is 11.0. The molecule has 0 spiro atoms. The summed E-state index contributed by atoms with van der Waals surface area (Å²) in [5.74, 6) is 1.29. The zero-order valence-corrected chi connectivity index (χ0v) is 23.2. The van der Waals surface area contributed by atoms with Crippen molar-refractivity contribution in [2.45, 2.75) is 83.5 Å². The molecular formula is C30H39N5O4. The fourth-order valence-electron chi connectivity index (χ4n) is 5.79. The van der Waals surface area contributed by atoms with Crippen LogP contribution in [0.3, 0.4) is 0 Å². The number of piperidine rings is 1. The van der Waals surface area contributed by atoms with Gasteiger partial charge in [-0.1, -0.05) is 31.4 Å². The Morgan fingerprint density at radius 3 is 2.56 bits per heavy atom. The van der Waals surface area contributed by atoms with E-state index < -0.39 is 0 Å². The highest BCUT2D eigenvalue weighted by Crippen LogP contribution is 2.28. The Morgan fingerprint density at radius 2 is 1.85 bits per heavy atom. The van der Waals surface area contributed by atoms with E-state index in [1.807, 2.05) is 32.0 Å². The van der Waals surface area contributed by atoms with Crippen LogP contribution in [0.5, 0.6) is 11.5 Å². The third-order valence-electron chi connectivity index (χ3n) is 7.73. The molecule has 1 aliphatic carbocycles. The maximum absolute atomic E-state index is 13.8. The smallest absolute Gasteiger partial charge is 0.263 e. The van der Waals surface area contributed by atoms with Gasteiger partial charge in [0.25, 0.3) is 5.56 Å². The number of hydrogen-bond donors (Lipinski definition) is 1. The van der Waals surface area contributed by atoms with E-state index in [1.54, 1.807) is 25.4 Å². The van der Waals surface area contributed by atoms with Gasteiger partial charge in [-0.05, 0) is 57.7 Å². The lowest BCUT2D eigenvalue weighted by molar-refractivity contribution is -0.122. The van der Waals surface area contributed by atoms with Crippen LogP contribution >= 0.6 is 0 Å². The minimum atomic E-state index is -0.332. The molecule has 9 heteroatoms. The number of pyridine rings is 1. The van der Waals surface area contributed by atoms with Crippen LogP contribution in [-0.2, 0) is 11.3 Å². The molecule has 1 N–H and O–H groups in total. The average molecular weight is 534 g/mol. The molecule has 3 aromatic rings. The van der Waals surface area contributed by atoms with Crippen molar-refractivity contribution in [2.24, 2.45) is 0 Å². The maximum Gasteiger partial charge on any atom is 0.263 e. The molecule has 9 nitrogen and oxygen atoms in total. The summed E-state index contributed by atoms with van der Waals surface area (Å²) in [4.78, 5) is 38.3. The van der Waals surface area contributed by atoms with Crippen LogP contribution < -0.4 is 20.3 Å². The number of hydrogen-bond acceptors (Lipinski definition) is 7. The third-order valence-corrected chi connectivity index (χ3v) is 7.73. The summed E-state index contributed by atoms with van der Waals surface area (Å²) in [6.07, 6.45) is 10.3. The Kier molecular flexibility index (Phi) is 8.45. The lowest BCUT2D eigenvalue weighted by atomic mass is 9.92. The van der Waals surface area contributed by atoms with E-state index in [-0.39, 0.29) is 30.2 Å². The number of likely N-dealkylation sites (tertiary alicyclic amines) is 1. The van der Waals surface area contributed by atoms with Crippen molar-refractivity contribution in [1.82, 2.24) is 24.8 Å². The number of carbonyl (C=O) groups is 1. The van der Waals surface area contributed by atoms with Gasteiger partial charge in [0.2, 0.25) is 5.91 Å². The second-order valence-corrected chi connectivity index (χ2v) is 11.0. The van der Waals surface area contributed by atoms with Gasteiger partial charge in [0.15, 0.2) is 5.65 Å². The van der Waals surface area contributed by atoms with Gasteiger partial charge in [-0.2, -0.15) is 0 Å². The lowest BCUT2D eigenvalue weighted by Gasteiger charge is -2.39. The first kappa shape index (κ1) is 27.1. The molecule has 208 valence electrons.